The van der Waals surface area contributed by atoms with Crippen LogP contribution in [0.5, 0.6) is 5.75 Å². The van der Waals surface area contributed by atoms with Crippen molar-refractivity contribution in [2.24, 2.45) is 0 Å². The molecule has 1 N–H and O–H groups in total. The number of carbonyl (C=O) groups excluding carboxylic acids is 2. The summed E-state index contributed by atoms with van der Waals surface area (Å²) >= 11 is 5.82. The van der Waals surface area contributed by atoms with Gasteiger partial charge in [0.15, 0.2) is 6.61 Å². The molecule has 2 aromatic rings. The number of ether oxygens (including phenoxy) is 2. The molecule has 0 atom stereocenters. The number of hydrogen-bond donors (Lipinski definition) is 1. The number of methoxy groups -OCH3 is 1. The third-order valence-corrected chi connectivity index (χ3v) is 6.78. The first-order chi connectivity index (χ1) is 14.7. The molecule has 0 fully saturated rings. The Labute approximate surface area is 187 Å². The van der Waals surface area contributed by atoms with Crippen molar-refractivity contribution >= 4 is 33.5 Å². The second-order valence-electron chi connectivity index (χ2n) is 6.43. The topological polar surface area (TPSA) is 102 Å². The first kappa shape index (κ1) is 24.6. The van der Waals surface area contributed by atoms with Crippen LogP contribution in [-0.2, 0) is 26.1 Å². The van der Waals surface area contributed by atoms with Crippen LogP contribution in [0.25, 0.3) is 0 Å². The Morgan fingerprint density at radius 3 is 2.29 bits per heavy atom. The molecular weight excluding hydrogens is 444 g/mol. The van der Waals surface area contributed by atoms with Gasteiger partial charge < -0.3 is 14.8 Å². The van der Waals surface area contributed by atoms with E-state index in [1.54, 1.807) is 38.1 Å². The zero-order chi connectivity index (χ0) is 23.0. The Balaban J connectivity index is 2.06. The molecule has 31 heavy (non-hydrogen) atoms. The van der Waals surface area contributed by atoms with Crippen molar-refractivity contribution in [3.8, 4) is 5.75 Å². The van der Waals surface area contributed by atoms with Crippen LogP contribution < -0.4 is 10.1 Å². The van der Waals surface area contributed by atoms with E-state index in [0.29, 0.717) is 5.02 Å². The molecule has 0 bridgehead atoms. The highest BCUT2D eigenvalue weighted by Gasteiger charge is 2.27. The average molecular weight is 469 g/mol. The summed E-state index contributed by atoms with van der Waals surface area (Å²) in [5.74, 6) is -1.20. The molecular formula is C21H25ClN2O6S. The molecule has 10 heteroatoms. The standard InChI is InChI=1S/C21H25ClN2O6S/c1-4-24(5-2)31(27,28)19-12-16(8-11-18(19)29-3)21(26)30-14-20(25)23-13-15-6-9-17(22)10-7-15/h6-12H,4-5,13-14H2,1-3H3,(H,23,25). The molecule has 0 aliphatic rings. The van der Waals surface area contributed by atoms with Gasteiger partial charge in [0.05, 0.1) is 12.7 Å². The van der Waals surface area contributed by atoms with E-state index in [9.17, 15) is 18.0 Å². The highest BCUT2D eigenvalue weighted by Crippen LogP contribution is 2.28. The fraction of sp³-hybridized carbons (Fsp3) is 0.333. The van der Waals surface area contributed by atoms with Gasteiger partial charge in [-0.2, -0.15) is 4.31 Å². The van der Waals surface area contributed by atoms with Gasteiger partial charge in [0.25, 0.3) is 5.91 Å². The van der Waals surface area contributed by atoms with Crippen LogP contribution in [0.1, 0.15) is 29.8 Å². The van der Waals surface area contributed by atoms with E-state index in [4.69, 9.17) is 21.1 Å². The molecule has 168 valence electrons. The number of hydrogen-bond acceptors (Lipinski definition) is 6. The van der Waals surface area contributed by atoms with E-state index >= 15 is 0 Å². The van der Waals surface area contributed by atoms with Gasteiger partial charge in [-0.05, 0) is 35.9 Å². The summed E-state index contributed by atoms with van der Waals surface area (Å²) in [7, 11) is -2.51. The summed E-state index contributed by atoms with van der Waals surface area (Å²) in [6.45, 7) is 3.72. The number of rotatable bonds is 10. The molecule has 0 spiro atoms. The molecule has 0 saturated heterocycles. The fourth-order valence-corrected chi connectivity index (χ4v) is 4.54. The molecule has 0 aromatic heterocycles. The van der Waals surface area contributed by atoms with Crippen molar-refractivity contribution in [3.63, 3.8) is 0 Å². The Morgan fingerprint density at radius 1 is 1.06 bits per heavy atom. The normalized spacial score (nSPS) is 11.3. The number of halogens is 1. The quantitative estimate of drug-likeness (QED) is 0.538. The third-order valence-electron chi connectivity index (χ3n) is 4.46. The lowest BCUT2D eigenvalue weighted by molar-refractivity contribution is -0.124. The predicted molar refractivity (Wildman–Crippen MR) is 117 cm³/mol. The van der Waals surface area contributed by atoms with Gasteiger partial charge in [-0.25, -0.2) is 13.2 Å². The zero-order valence-corrected chi connectivity index (χ0v) is 19.1. The van der Waals surface area contributed by atoms with Crippen molar-refractivity contribution < 1.29 is 27.5 Å². The lowest BCUT2D eigenvalue weighted by Crippen LogP contribution is -2.31. The maximum atomic E-state index is 12.9. The minimum atomic E-state index is -3.86. The molecule has 0 heterocycles. The summed E-state index contributed by atoms with van der Waals surface area (Å²) in [6.07, 6.45) is 0. The molecule has 0 aliphatic heterocycles. The monoisotopic (exact) mass is 468 g/mol. The minimum Gasteiger partial charge on any atom is -0.495 e. The van der Waals surface area contributed by atoms with E-state index in [1.807, 2.05) is 0 Å². The Hall–Kier alpha value is -2.62. The van der Waals surface area contributed by atoms with Gasteiger partial charge in [0.1, 0.15) is 10.6 Å². The summed E-state index contributed by atoms with van der Waals surface area (Å²) in [5.41, 5.74) is 0.836. The maximum absolute atomic E-state index is 12.9. The lowest BCUT2D eigenvalue weighted by Gasteiger charge is -2.20. The highest BCUT2D eigenvalue weighted by atomic mass is 35.5. The van der Waals surface area contributed by atoms with Crippen LogP contribution in [0.2, 0.25) is 5.02 Å². The lowest BCUT2D eigenvalue weighted by atomic mass is 10.2. The van der Waals surface area contributed by atoms with Gasteiger partial charge in [-0.3, -0.25) is 4.79 Å². The van der Waals surface area contributed by atoms with E-state index in [1.165, 1.54) is 29.6 Å². The van der Waals surface area contributed by atoms with E-state index in [-0.39, 0.29) is 35.8 Å². The first-order valence-electron chi connectivity index (χ1n) is 9.59. The SMILES string of the molecule is CCN(CC)S(=O)(=O)c1cc(C(=O)OCC(=O)NCc2ccc(Cl)cc2)ccc1OC. The number of esters is 1. The summed E-state index contributed by atoms with van der Waals surface area (Å²) in [5, 5.41) is 3.22. The molecule has 0 unspecified atom stereocenters. The second kappa shape index (κ2) is 11.1. The van der Waals surface area contributed by atoms with Gasteiger partial charge in [-0.1, -0.05) is 37.6 Å². The average Bonchev–Trinajstić information content (AvgIpc) is 2.77. The number of nitrogens with zero attached hydrogens (tertiary/aromatic N) is 1. The predicted octanol–water partition coefficient (Wildman–Crippen LogP) is 2.85. The van der Waals surface area contributed by atoms with Gasteiger partial charge in [-0.15, -0.1) is 0 Å². The third kappa shape index (κ3) is 6.43. The Morgan fingerprint density at radius 2 is 1.71 bits per heavy atom. The van der Waals surface area contributed by atoms with Crippen LogP contribution in [-0.4, -0.2) is 51.4 Å². The van der Waals surface area contributed by atoms with Crippen LogP contribution in [0.4, 0.5) is 0 Å². The maximum Gasteiger partial charge on any atom is 0.338 e. The largest absolute Gasteiger partial charge is 0.495 e. The van der Waals surface area contributed by atoms with Crippen molar-refractivity contribution in [2.75, 3.05) is 26.8 Å². The van der Waals surface area contributed by atoms with Crippen molar-refractivity contribution in [1.82, 2.24) is 9.62 Å². The Bertz CT molecular complexity index is 1020. The summed E-state index contributed by atoms with van der Waals surface area (Å²) in [6, 6.07) is 10.9. The second-order valence-corrected chi connectivity index (χ2v) is 8.78. The van der Waals surface area contributed by atoms with Crippen LogP contribution in [0, 0.1) is 0 Å². The molecule has 8 nitrogen and oxygen atoms in total. The van der Waals surface area contributed by atoms with Crippen LogP contribution in [0.3, 0.4) is 0 Å². The Kier molecular flexibility index (Phi) is 8.85. The number of sulfonamides is 1. The molecule has 2 aromatic carbocycles. The summed E-state index contributed by atoms with van der Waals surface area (Å²) in [4.78, 5) is 24.2. The number of carbonyl (C=O) groups is 2. The smallest absolute Gasteiger partial charge is 0.338 e. The van der Waals surface area contributed by atoms with E-state index in [2.05, 4.69) is 5.32 Å². The zero-order valence-electron chi connectivity index (χ0n) is 17.6. The fourth-order valence-electron chi connectivity index (χ4n) is 2.78. The van der Waals surface area contributed by atoms with E-state index in [0.717, 1.165) is 5.56 Å². The molecule has 0 aliphatic carbocycles. The molecule has 1 amide bonds. The minimum absolute atomic E-state index is 0.00275. The van der Waals surface area contributed by atoms with Crippen LogP contribution in [0.15, 0.2) is 47.4 Å². The van der Waals surface area contributed by atoms with Crippen molar-refractivity contribution in [2.45, 2.75) is 25.3 Å². The number of amides is 1. The van der Waals surface area contributed by atoms with Gasteiger partial charge in [0.2, 0.25) is 10.0 Å². The number of nitrogens with one attached hydrogen (secondary N) is 1. The number of benzene rings is 2. The van der Waals surface area contributed by atoms with Crippen molar-refractivity contribution in [3.05, 3.63) is 58.6 Å². The van der Waals surface area contributed by atoms with Gasteiger partial charge in [0, 0.05) is 24.7 Å². The molecule has 0 radical (unpaired) electrons. The van der Waals surface area contributed by atoms with Crippen LogP contribution >= 0.6 is 11.6 Å². The van der Waals surface area contributed by atoms with Crippen molar-refractivity contribution in [1.29, 1.82) is 0 Å². The molecule has 0 saturated carbocycles. The van der Waals surface area contributed by atoms with E-state index < -0.39 is 28.5 Å². The highest BCUT2D eigenvalue weighted by molar-refractivity contribution is 7.89. The van der Waals surface area contributed by atoms with Gasteiger partial charge >= 0.3 is 5.97 Å². The molecule has 2 rings (SSSR count). The first-order valence-corrected chi connectivity index (χ1v) is 11.4. The summed E-state index contributed by atoms with van der Waals surface area (Å²) < 4.78 is 37.2.